The highest BCUT2D eigenvalue weighted by Gasteiger charge is 2.59. The molecule has 0 bridgehead atoms. The molecule has 0 radical (unpaired) electrons. The highest BCUT2D eigenvalue weighted by molar-refractivity contribution is 7.99. The monoisotopic (exact) mass is 431 g/mol. The summed E-state index contributed by atoms with van der Waals surface area (Å²) in [5, 5.41) is 19.9. The molecule has 2 saturated heterocycles. The number of hydrogen-bond acceptors (Lipinski definition) is 6. The van der Waals surface area contributed by atoms with Crippen LogP contribution in [-0.4, -0.2) is 68.5 Å². The molecule has 0 aliphatic carbocycles. The van der Waals surface area contributed by atoms with E-state index in [-0.39, 0.29) is 23.7 Å². The Morgan fingerprint density at radius 3 is 2.45 bits per heavy atom. The molecule has 0 saturated carbocycles. The van der Waals surface area contributed by atoms with E-state index in [4.69, 9.17) is 9.90 Å². The van der Waals surface area contributed by atoms with E-state index in [1.165, 1.54) is 4.90 Å². The van der Waals surface area contributed by atoms with Gasteiger partial charge in [-0.25, -0.2) is 9.59 Å². The zero-order chi connectivity index (χ0) is 21.3. The number of thioether (sulfide) groups is 1. The number of aromatic nitrogens is 1. The van der Waals surface area contributed by atoms with Crippen molar-refractivity contribution in [1.82, 2.24) is 15.2 Å². The molecular weight excluding hydrogens is 415 g/mol. The Labute approximate surface area is 166 Å². The lowest BCUT2D eigenvalue weighted by Gasteiger charge is -2.48. The molecule has 29 heavy (non-hydrogen) atoms. The first-order valence-electron chi connectivity index (χ1n) is 8.46. The van der Waals surface area contributed by atoms with Crippen molar-refractivity contribution in [2.75, 3.05) is 12.3 Å². The number of alkyl halides is 3. The molecule has 0 spiro atoms. The number of β-lactam (4-membered cyclic amide) rings is 1. The first kappa shape index (κ1) is 21.1. The molecule has 1 aromatic rings. The van der Waals surface area contributed by atoms with Crippen LogP contribution in [0.4, 0.5) is 13.2 Å². The van der Waals surface area contributed by atoms with E-state index in [0.717, 1.165) is 23.4 Å². The Balaban J connectivity index is 0.000000298. The molecule has 156 valence electrons. The molecule has 0 unspecified atom stereocenters. The Morgan fingerprint density at radius 2 is 1.90 bits per heavy atom. The Morgan fingerprint density at radius 1 is 1.28 bits per heavy atom. The van der Waals surface area contributed by atoms with Gasteiger partial charge in [-0.3, -0.25) is 14.7 Å². The van der Waals surface area contributed by atoms with Gasteiger partial charge in [-0.05, 0) is 30.0 Å². The number of carbonyl (C=O) groups is 3. The van der Waals surface area contributed by atoms with Crippen LogP contribution >= 0.6 is 11.8 Å². The van der Waals surface area contributed by atoms with Crippen LogP contribution in [0.1, 0.15) is 6.42 Å². The average Bonchev–Trinajstić information content (AvgIpc) is 3.06. The highest BCUT2D eigenvalue weighted by atomic mass is 32.2. The van der Waals surface area contributed by atoms with Gasteiger partial charge in [-0.1, -0.05) is 0 Å². The van der Waals surface area contributed by atoms with Crippen molar-refractivity contribution in [2.24, 2.45) is 5.92 Å². The number of carbonyl (C=O) groups excluding carboxylic acids is 1. The molecule has 3 aliphatic heterocycles. The molecule has 1 amide bonds. The summed E-state index contributed by atoms with van der Waals surface area (Å²) >= 11 is 1.58. The number of carboxylic acid groups (broad SMARTS) is 2. The number of amides is 1. The van der Waals surface area contributed by atoms with E-state index in [1.807, 2.05) is 12.1 Å². The van der Waals surface area contributed by atoms with Crippen molar-refractivity contribution in [1.29, 1.82) is 0 Å². The third-order valence-electron chi connectivity index (χ3n) is 4.82. The lowest BCUT2D eigenvalue weighted by atomic mass is 9.80. The fourth-order valence-corrected chi connectivity index (χ4v) is 4.53. The maximum absolute atomic E-state index is 12.1. The largest absolute Gasteiger partial charge is 0.490 e. The molecule has 3 aliphatic rings. The summed E-state index contributed by atoms with van der Waals surface area (Å²) in [6.45, 7) is 0.786. The average molecular weight is 431 g/mol. The number of halogens is 3. The molecule has 3 atom stereocenters. The topological polar surface area (TPSA) is 120 Å². The first-order chi connectivity index (χ1) is 13.6. The van der Waals surface area contributed by atoms with Crippen LogP contribution < -0.4 is 5.32 Å². The summed E-state index contributed by atoms with van der Waals surface area (Å²) in [5.41, 5.74) is 1.05. The SMILES string of the molecule is O=C(O)C(F)(F)F.O=C(O)C1=C(CSc2ccncc2)C[C@@H]2CN[C@@H]3C(=O)N1[C@H]23. The summed E-state index contributed by atoms with van der Waals surface area (Å²) in [6, 6.07) is 3.67. The number of rotatable bonds is 4. The van der Waals surface area contributed by atoms with E-state index in [0.29, 0.717) is 11.7 Å². The van der Waals surface area contributed by atoms with Crippen molar-refractivity contribution in [3.63, 3.8) is 0 Å². The van der Waals surface area contributed by atoms with E-state index in [1.54, 1.807) is 24.2 Å². The van der Waals surface area contributed by atoms with Gasteiger partial charge >= 0.3 is 18.1 Å². The van der Waals surface area contributed by atoms with E-state index in [2.05, 4.69) is 10.3 Å². The lowest BCUT2D eigenvalue weighted by Crippen LogP contribution is -2.68. The van der Waals surface area contributed by atoms with Gasteiger partial charge in [-0.2, -0.15) is 13.2 Å². The van der Waals surface area contributed by atoms with Gasteiger partial charge in [0.25, 0.3) is 0 Å². The number of hydrogen-bond donors (Lipinski definition) is 3. The van der Waals surface area contributed by atoms with Gasteiger partial charge in [0, 0.05) is 29.6 Å². The molecule has 8 nitrogen and oxygen atoms in total. The van der Waals surface area contributed by atoms with Crippen LogP contribution in [-0.2, 0) is 14.4 Å². The summed E-state index contributed by atoms with van der Waals surface area (Å²) in [7, 11) is 0. The second-order valence-corrected chi connectivity index (χ2v) is 7.63. The van der Waals surface area contributed by atoms with Crippen LogP contribution in [0.5, 0.6) is 0 Å². The highest BCUT2D eigenvalue weighted by Crippen LogP contribution is 2.44. The van der Waals surface area contributed by atoms with Crippen LogP contribution in [0.15, 0.2) is 40.7 Å². The van der Waals surface area contributed by atoms with Crippen LogP contribution in [0.3, 0.4) is 0 Å². The minimum absolute atomic E-state index is 0.0354. The number of carboxylic acids is 2. The molecule has 4 rings (SSSR count). The minimum Gasteiger partial charge on any atom is -0.477 e. The second-order valence-electron chi connectivity index (χ2n) is 6.58. The lowest BCUT2D eigenvalue weighted by molar-refractivity contribution is -0.192. The van der Waals surface area contributed by atoms with Crippen molar-refractivity contribution >= 4 is 29.6 Å². The van der Waals surface area contributed by atoms with Crippen molar-refractivity contribution in [3.8, 4) is 0 Å². The zero-order valence-corrected chi connectivity index (χ0v) is 15.5. The zero-order valence-electron chi connectivity index (χ0n) is 14.7. The van der Waals surface area contributed by atoms with Gasteiger partial charge in [0.15, 0.2) is 0 Å². The predicted octanol–water partition coefficient (Wildman–Crippen LogP) is 1.35. The Bertz CT molecular complexity index is 862. The molecule has 3 N–H and O–H groups in total. The Hall–Kier alpha value is -2.60. The van der Waals surface area contributed by atoms with Crippen molar-refractivity contribution in [2.45, 2.75) is 29.6 Å². The fourth-order valence-electron chi connectivity index (χ4n) is 3.62. The number of pyridine rings is 1. The summed E-state index contributed by atoms with van der Waals surface area (Å²) in [6.07, 6.45) is -0.899. The van der Waals surface area contributed by atoms with Gasteiger partial charge in [0.1, 0.15) is 11.7 Å². The number of aliphatic carboxylic acids is 2. The van der Waals surface area contributed by atoms with Gasteiger partial charge in [0.2, 0.25) is 5.91 Å². The molecule has 1 aromatic heterocycles. The summed E-state index contributed by atoms with van der Waals surface area (Å²) in [5.74, 6) is -2.94. The van der Waals surface area contributed by atoms with Crippen LogP contribution in [0.2, 0.25) is 0 Å². The smallest absolute Gasteiger partial charge is 0.477 e. The minimum atomic E-state index is -5.08. The number of nitrogens with zero attached hydrogens (tertiary/aromatic N) is 2. The normalized spacial score (nSPS) is 25.0. The second kappa shape index (κ2) is 8.03. The quantitative estimate of drug-likeness (QED) is 0.483. The number of nitrogens with one attached hydrogen (secondary N) is 1. The van der Waals surface area contributed by atoms with Gasteiger partial charge < -0.3 is 15.5 Å². The molecule has 0 aromatic carbocycles. The van der Waals surface area contributed by atoms with E-state index >= 15 is 0 Å². The van der Waals surface area contributed by atoms with Gasteiger partial charge in [-0.15, -0.1) is 11.8 Å². The molecule has 4 heterocycles. The van der Waals surface area contributed by atoms with E-state index < -0.39 is 18.1 Å². The maximum atomic E-state index is 12.1. The third kappa shape index (κ3) is 4.22. The van der Waals surface area contributed by atoms with Crippen LogP contribution in [0.25, 0.3) is 0 Å². The molecule has 2 fully saturated rings. The maximum Gasteiger partial charge on any atom is 0.490 e. The third-order valence-corrected chi connectivity index (χ3v) is 5.92. The molecular formula is C17H16F3N3O5S. The predicted molar refractivity (Wildman–Crippen MR) is 93.8 cm³/mol. The van der Waals surface area contributed by atoms with Gasteiger partial charge in [0.05, 0.1) is 6.04 Å². The van der Waals surface area contributed by atoms with E-state index in [9.17, 15) is 27.9 Å². The first-order valence-corrected chi connectivity index (χ1v) is 9.44. The Kier molecular flexibility index (Phi) is 5.85. The summed E-state index contributed by atoms with van der Waals surface area (Å²) in [4.78, 5) is 39.2. The van der Waals surface area contributed by atoms with Crippen molar-refractivity contribution in [3.05, 3.63) is 35.8 Å². The van der Waals surface area contributed by atoms with Crippen molar-refractivity contribution < 1.29 is 37.8 Å². The fraction of sp³-hybridized carbons (Fsp3) is 0.412. The summed E-state index contributed by atoms with van der Waals surface area (Å²) < 4.78 is 31.7. The molecule has 12 heteroatoms. The standard InChI is InChI=1S/C15H15N3O3S.C2HF3O2/c19-14-11-12-8(6-17-11)5-9(13(15(20)21)18(12)14)7-22-10-1-3-16-4-2-10;3-2(4,5)1(6)7/h1-4,8,11-12,17H,5-7H2,(H,20,21);(H,6,7)/t8-,11+,12-;/m1./s1. The van der Waals surface area contributed by atoms with Crippen LogP contribution in [0, 0.1) is 5.92 Å².